The second-order valence-electron chi connectivity index (χ2n) is 7.76. The summed E-state index contributed by atoms with van der Waals surface area (Å²) in [5, 5.41) is 6.42. The Balaban J connectivity index is 1.66. The van der Waals surface area contributed by atoms with Crippen molar-refractivity contribution in [2.24, 2.45) is 5.92 Å². The second kappa shape index (κ2) is 9.64. The maximum atomic E-state index is 13.3. The summed E-state index contributed by atoms with van der Waals surface area (Å²) in [6, 6.07) is 15.9. The largest absolute Gasteiger partial charge is 0.496 e. The van der Waals surface area contributed by atoms with E-state index in [1.54, 1.807) is 12.0 Å². The van der Waals surface area contributed by atoms with Crippen molar-refractivity contribution in [2.45, 2.75) is 13.3 Å². The highest BCUT2D eigenvalue weighted by molar-refractivity contribution is 5.91. The molecule has 1 N–H and O–H groups in total. The van der Waals surface area contributed by atoms with Gasteiger partial charge in [-0.3, -0.25) is 14.7 Å². The van der Waals surface area contributed by atoms with Crippen molar-refractivity contribution in [1.29, 1.82) is 0 Å². The van der Waals surface area contributed by atoms with Crippen LogP contribution in [0.1, 0.15) is 23.1 Å². The lowest BCUT2D eigenvalue weighted by molar-refractivity contribution is -0.134. The minimum atomic E-state index is -0.361. The molecule has 1 fully saturated rings. The van der Waals surface area contributed by atoms with E-state index in [1.165, 1.54) is 6.33 Å². The van der Waals surface area contributed by atoms with Gasteiger partial charge in [-0.15, -0.1) is 0 Å². The van der Waals surface area contributed by atoms with E-state index in [1.807, 2.05) is 60.4 Å². The van der Waals surface area contributed by atoms with E-state index in [-0.39, 0.29) is 23.6 Å². The van der Waals surface area contributed by atoms with Crippen LogP contribution in [0.4, 0.5) is 0 Å². The van der Waals surface area contributed by atoms with E-state index in [9.17, 15) is 9.59 Å². The summed E-state index contributed by atoms with van der Waals surface area (Å²) in [4.78, 5) is 33.8. The molecule has 1 aromatic heterocycles. The molecule has 2 aromatic carbocycles. The molecule has 4 rings (SSSR count). The highest BCUT2D eigenvalue weighted by Gasteiger charge is 2.33. The molecule has 2 amide bonds. The molecule has 2 heterocycles. The first kappa shape index (κ1) is 21.5. The van der Waals surface area contributed by atoms with Crippen LogP contribution in [0.2, 0.25) is 0 Å². The van der Waals surface area contributed by atoms with E-state index in [0.717, 1.165) is 22.4 Å². The Hall–Kier alpha value is -3.68. The molecule has 32 heavy (non-hydrogen) atoms. The molecule has 0 saturated carbocycles. The number of benzene rings is 2. The Bertz CT molecular complexity index is 1080. The number of ether oxygens (including phenoxy) is 1. The number of para-hydroxylation sites is 1. The number of rotatable bonds is 6. The summed E-state index contributed by atoms with van der Waals surface area (Å²) in [5.41, 5.74) is 3.05. The number of hydrogen-bond acceptors (Lipinski definition) is 5. The molecule has 1 saturated heterocycles. The topological polar surface area (TPSA) is 91.4 Å². The number of aromatic nitrogens is 3. The van der Waals surface area contributed by atoms with Gasteiger partial charge in [-0.2, -0.15) is 5.10 Å². The Morgan fingerprint density at radius 2 is 1.88 bits per heavy atom. The predicted octanol–water partition coefficient (Wildman–Crippen LogP) is 2.64. The highest BCUT2D eigenvalue weighted by Crippen LogP contribution is 2.33. The van der Waals surface area contributed by atoms with Gasteiger partial charge in [0.2, 0.25) is 11.7 Å². The molecule has 0 radical (unpaired) electrons. The van der Waals surface area contributed by atoms with Crippen LogP contribution in [-0.2, 0) is 11.2 Å². The standard InChI is InChI=1S/C24H27N5O3/c1-3-28-12-13-29(24(31)22-25-16-26-27-22)15-18(23(28)30)14-17-8-4-5-9-19(17)20-10-6-7-11-21(20)32-2/h4-11,16,18H,3,12-15H2,1-2H3,(H,25,26,27). The van der Waals surface area contributed by atoms with Gasteiger partial charge < -0.3 is 14.5 Å². The Morgan fingerprint density at radius 3 is 2.59 bits per heavy atom. The Labute approximate surface area is 187 Å². The fourth-order valence-electron chi connectivity index (χ4n) is 4.25. The minimum Gasteiger partial charge on any atom is -0.496 e. The lowest BCUT2D eigenvalue weighted by atomic mass is 9.91. The summed E-state index contributed by atoms with van der Waals surface area (Å²) in [7, 11) is 1.66. The normalized spacial score (nSPS) is 16.7. The predicted molar refractivity (Wildman–Crippen MR) is 120 cm³/mol. The lowest BCUT2D eigenvalue weighted by Gasteiger charge is -2.24. The van der Waals surface area contributed by atoms with E-state index >= 15 is 0 Å². The molecule has 1 atom stereocenters. The van der Waals surface area contributed by atoms with Gasteiger partial charge in [-0.05, 0) is 30.5 Å². The number of aromatic amines is 1. The van der Waals surface area contributed by atoms with Gasteiger partial charge in [0.05, 0.1) is 13.0 Å². The number of nitrogens with zero attached hydrogens (tertiary/aromatic N) is 4. The van der Waals surface area contributed by atoms with Gasteiger partial charge in [0.1, 0.15) is 12.1 Å². The molecule has 8 nitrogen and oxygen atoms in total. The summed E-state index contributed by atoms with van der Waals surface area (Å²) < 4.78 is 5.57. The third-order valence-electron chi connectivity index (χ3n) is 5.91. The van der Waals surface area contributed by atoms with Gasteiger partial charge in [-0.1, -0.05) is 42.5 Å². The third kappa shape index (κ3) is 4.34. The SMILES string of the molecule is CCN1CCN(C(=O)c2ncn[nH]2)CC(Cc2ccccc2-c2ccccc2OC)C1=O. The van der Waals surface area contributed by atoms with E-state index in [4.69, 9.17) is 4.74 Å². The first-order valence-electron chi connectivity index (χ1n) is 10.8. The zero-order valence-corrected chi connectivity index (χ0v) is 18.3. The quantitative estimate of drug-likeness (QED) is 0.645. The van der Waals surface area contributed by atoms with E-state index in [0.29, 0.717) is 32.6 Å². The third-order valence-corrected chi connectivity index (χ3v) is 5.91. The molecule has 0 aliphatic carbocycles. The van der Waals surface area contributed by atoms with Crippen molar-refractivity contribution in [3.05, 3.63) is 66.2 Å². The van der Waals surface area contributed by atoms with Gasteiger partial charge >= 0.3 is 0 Å². The molecule has 0 bridgehead atoms. The minimum absolute atomic E-state index is 0.0650. The van der Waals surface area contributed by atoms with Crippen LogP contribution in [0.5, 0.6) is 5.75 Å². The maximum Gasteiger partial charge on any atom is 0.291 e. The fraction of sp³-hybridized carbons (Fsp3) is 0.333. The smallest absolute Gasteiger partial charge is 0.291 e. The number of amides is 2. The van der Waals surface area contributed by atoms with Crippen molar-refractivity contribution in [1.82, 2.24) is 25.0 Å². The number of methoxy groups -OCH3 is 1. The first-order chi connectivity index (χ1) is 15.6. The van der Waals surface area contributed by atoms with Crippen molar-refractivity contribution < 1.29 is 14.3 Å². The van der Waals surface area contributed by atoms with Crippen LogP contribution in [0.3, 0.4) is 0 Å². The molecule has 1 aliphatic rings. The van der Waals surface area contributed by atoms with E-state index < -0.39 is 0 Å². The lowest BCUT2D eigenvalue weighted by Crippen LogP contribution is -2.38. The summed E-state index contributed by atoms with van der Waals surface area (Å²) >= 11 is 0. The summed E-state index contributed by atoms with van der Waals surface area (Å²) in [5.74, 6) is 0.437. The van der Waals surface area contributed by atoms with Crippen LogP contribution in [-0.4, -0.2) is 70.1 Å². The summed E-state index contributed by atoms with van der Waals surface area (Å²) in [6.45, 7) is 3.86. The fourth-order valence-corrected chi connectivity index (χ4v) is 4.25. The number of nitrogens with one attached hydrogen (secondary N) is 1. The number of H-pyrrole nitrogens is 1. The van der Waals surface area contributed by atoms with Gasteiger partial charge in [0.15, 0.2) is 0 Å². The zero-order valence-electron chi connectivity index (χ0n) is 18.3. The van der Waals surface area contributed by atoms with Crippen LogP contribution in [0.15, 0.2) is 54.9 Å². The molecule has 0 spiro atoms. The van der Waals surface area contributed by atoms with Crippen LogP contribution in [0.25, 0.3) is 11.1 Å². The van der Waals surface area contributed by atoms with Crippen LogP contribution >= 0.6 is 0 Å². The molecule has 166 valence electrons. The number of likely N-dealkylation sites (N-methyl/N-ethyl adjacent to an activating group) is 1. The van der Waals surface area contributed by atoms with Crippen molar-refractivity contribution >= 4 is 11.8 Å². The first-order valence-corrected chi connectivity index (χ1v) is 10.8. The molecular formula is C24H27N5O3. The molecule has 8 heteroatoms. The Morgan fingerprint density at radius 1 is 1.12 bits per heavy atom. The zero-order chi connectivity index (χ0) is 22.5. The monoisotopic (exact) mass is 433 g/mol. The number of carbonyl (C=O) groups is 2. The van der Waals surface area contributed by atoms with Crippen molar-refractivity contribution in [3.63, 3.8) is 0 Å². The second-order valence-corrected chi connectivity index (χ2v) is 7.76. The van der Waals surface area contributed by atoms with Gasteiger partial charge in [-0.25, -0.2) is 4.98 Å². The molecule has 1 unspecified atom stereocenters. The van der Waals surface area contributed by atoms with Crippen molar-refractivity contribution in [2.75, 3.05) is 33.3 Å². The van der Waals surface area contributed by atoms with E-state index in [2.05, 4.69) is 15.2 Å². The molecule has 3 aromatic rings. The van der Waals surface area contributed by atoms with Gasteiger partial charge in [0, 0.05) is 31.7 Å². The highest BCUT2D eigenvalue weighted by atomic mass is 16.5. The summed E-state index contributed by atoms with van der Waals surface area (Å²) in [6.07, 6.45) is 1.83. The molecule has 1 aliphatic heterocycles. The number of carbonyl (C=O) groups excluding carboxylic acids is 2. The van der Waals surface area contributed by atoms with Gasteiger partial charge in [0.25, 0.3) is 5.91 Å². The maximum absolute atomic E-state index is 13.3. The average molecular weight is 434 g/mol. The molecular weight excluding hydrogens is 406 g/mol. The Kier molecular flexibility index (Phi) is 6.49. The van der Waals surface area contributed by atoms with Crippen molar-refractivity contribution in [3.8, 4) is 16.9 Å². The number of hydrogen-bond donors (Lipinski definition) is 1. The average Bonchev–Trinajstić information content (AvgIpc) is 3.32. The van der Waals surface area contributed by atoms with Crippen LogP contribution in [0, 0.1) is 5.92 Å². The van der Waals surface area contributed by atoms with Crippen LogP contribution < -0.4 is 4.74 Å².